The number of hydrogen-bond acceptors (Lipinski definition) is 4. The highest BCUT2D eigenvalue weighted by Gasteiger charge is 2.34. The summed E-state index contributed by atoms with van der Waals surface area (Å²) in [6.07, 6.45) is 2.05. The third kappa shape index (κ3) is 4.49. The molecule has 0 unspecified atom stereocenters. The molecule has 1 aliphatic heterocycles. The second-order valence-electron chi connectivity index (χ2n) is 6.70. The molecule has 1 aromatic heterocycles. The van der Waals surface area contributed by atoms with E-state index < -0.39 is 0 Å². The van der Waals surface area contributed by atoms with Crippen LogP contribution in [0.4, 0.5) is 4.39 Å². The normalized spacial score (nSPS) is 19.7. The highest BCUT2D eigenvalue weighted by atomic mass is 19.1. The van der Waals surface area contributed by atoms with E-state index in [0.717, 1.165) is 0 Å². The number of likely N-dealkylation sites (N-methyl/N-ethyl adjacent to an activating group) is 2. The van der Waals surface area contributed by atoms with Gasteiger partial charge >= 0.3 is 0 Å². The minimum Gasteiger partial charge on any atom is -0.355 e. The predicted molar refractivity (Wildman–Crippen MR) is 101 cm³/mol. The SMILES string of the molecule is CCNC(=O)[C@@H]1C[C@@H](NC(=O)c2ccc(-c3cccc(F)c3)nc2)CN1C. The van der Waals surface area contributed by atoms with Gasteiger partial charge in [0.25, 0.3) is 5.91 Å². The number of nitrogens with zero attached hydrogens (tertiary/aromatic N) is 2. The van der Waals surface area contributed by atoms with Gasteiger partial charge in [-0.15, -0.1) is 0 Å². The van der Waals surface area contributed by atoms with Gasteiger partial charge in [0.05, 0.1) is 17.3 Å². The van der Waals surface area contributed by atoms with Crippen LogP contribution in [0.3, 0.4) is 0 Å². The molecule has 2 N–H and O–H groups in total. The van der Waals surface area contributed by atoms with E-state index in [2.05, 4.69) is 15.6 Å². The average molecular weight is 370 g/mol. The molecule has 3 rings (SSSR count). The van der Waals surface area contributed by atoms with Gasteiger partial charge in [-0.25, -0.2) is 4.39 Å². The fourth-order valence-corrected chi connectivity index (χ4v) is 3.32. The fourth-order valence-electron chi connectivity index (χ4n) is 3.32. The first-order valence-corrected chi connectivity index (χ1v) is 8.98. The van der Waals surface area contributed by atoms with Crippen LogP contribution >= 0.6 is 0 Å². The first-order valence-electron chi connectivity index (χ1n) is 8.98. The first-order chi connectivity index (χ1) is 13.0. The summed E-state index contributed by atoms with van der Waals surface area (Å²) in [5.74, 6) is -0.579. The zero-order valence-electron chi connectivity index (χ0n) is 15.4. The molecular formula is C20H23FN4O2. The van der Waals surface area contributed by atoms with Crippen LogP contribution in [0, 0.1) is 5.82 Å². The van der Waals surface area contributed by atoms with Crippen LogP contribution in [0.1, 0.15) is 23.7 Å². The molecule has 7 heteroatoms. The lowest BCUT2D eigenvalue weighted by Gasteiger charge is -2.17. The number of halogens is 1. The molecule has 27 heavy (non-hydrogen) atoms. The van der Waals surface area contributed by atoms with Gasteiger partial charge in [-0.2, -0.15) is 0 Å². The van der Waals surface area contributed by atoms with Crippen LogP contribution in [0.15, 0.2) is 42.6 Å². The van der Waals surface area contributed by atoms with Gasteiger partial charge in [-0.3, -0.25) is 19.5 Å². The van der Waals surface area contributed by atoms with E-state index in [-0.39, 0.29) is 29.7 Å². The van der Waals surface area contributed by atoms with E-state index in [1.165, 1.54) is 18.3 Å². The van der Waals surface area contributed by atoms with Crippen molar-refractivity contribution in [2.45, 2.75) is 25.4 Å². The second-order valence-corrected chi connectivity index (χ2v) is 6.70. The van der Waals surface area contributed by atoms with Crippen molar-refractivity contribution in [1.29, 1.82) is 0 Å². The molecule has 1 saturated heterocycles. The average Bonchev–Trinajstić information content (AvgIpc) is 3.02. The Kier molecular flexibility index (Phi) is 5.81. The zero-order valence-corrected chi connectivity index (χ0v) is 15.4. The quantitative estimate of drug-likeness (QED) is 0.842. The Morgan fingerprint density at radius 3 is 2.78 bits per heavy atom. The van der Waals surface area contributed by atoms with Crippen molar-refractivity contribution >= 4 is 11.8 Å². The summed E-state index contributed by atoms with van der Waals surface area (Å²) < 4.78 is 13.3. The Hall–Kier alpha value is -2.80. The largest absolute Gasteiger partial charge is 0.355 e. The molecule has 1 fully saturated rings. The maximum atomic E-state index is 13.3. The molecule has 1 aromatic carbocycles. The van der Waals surface area contributed by atoms with Crippen molar-refractivity contribution in [3.63, 3.8) is 0 Å². The molecule has 0 radical (unpaired) electrons. The summed E-state index contributed by atoms with van der Waals surface area (Å²) >= 11 is 0. The molecule has 0 spiro atoms. The fraction of sp³-hybridized carbons (Fsp3) is 0.350. The topological polar surface area (TPSA) is 74.3 Å². The third-order valence-electron chi connectivity index (χ3n) is 4.68. The molecule has 142 valence electrons. The number of nitrogens with one attached hydrogen (secondary N) is 2. The van der Waals surface area contributed by atoms with E-state index in [1.54, 1.807) is 24.3 Å². The van der Waals surface area contributed by atoms with Crippen molar-refractivity contribution in [3.05, 3.63) is 54.0 Å². The van der Waals surface area contributed by atoms with Crippen LogP contribution in [-0.2, 0) is 4.79 Å². The maximum Gasteiger partial charge on any atom is 0.253 e. The van der Waals surface area contributed by atoms with Crippen molar-refractivity contribution in [1.82, 2.24) is 20.5 Å². The highest BCUT2D eigenvalue weighted by Crippen LogP contribution is 2.19. The first kappa shape index (κ1) is 19.0. The summed E-state index contributed by atoms with van der Waals surface area (Å²) in [5, 5.41) is 5.78. The van der Waals surface area contributed by atoms with Crippen LogP contribution in [0.25, 0.3) is 11.3 Å². The molecule has 2 heterocycles. The molecule has 2 aromatic rings. The number of rotatable bonds is 5. The Labute approximate surface area is 157 Å². The number of likely N-dealkylation sites (tertiary alicyclic amines) is 1. The van der Waals surface area contributed by atoms with Crippen molar-refractivity contribution in [3.8, 4) is 11.3 Å². The van der Waals surface area contributed by atoms with E-state index in [1.807, 2.05) is 18.9 Å². The van der Waals surface area contributed by atoms with Gasteiger partial charge in [0.15, 0.2) is 0 Å². The Morgan fingerprint density at radius 2 is 2.11 bits per heavy atom. The lowest BCUT2D eigenvalue weighted by Crippen LogP contribution is -2.41. The lowest BCUT2D eigenvalue weighted by atomic mass is 10.1. The van der Waals surface area contributed by atoms with Crippen molar-refractivity contribution in [2.75, 3.05) is 20.1 Å². The summed E-state index contributed by atoms with van der Waals surface area (Å²) in [5.41, 5.74) is 1.69. The number of amides is 2. The zero-order chi connectivity index (χ0) is 19.4. The van der Waals surface area contributed by atoms with Gasteiger partial charge in [-0.05, 0) is 44.7 Å². The van der Waals surface area contributed by atoms with Crippen molar-refractivity contribution in [2.24, 2.45) is 0 Å². The van der Waals surface area contributed by atoms with Gasteiger partial charge < -0.3 is 10.6 Å². The molecule has 6 nitrogen and oxygen atoms in total. The minimum atomic E-state index is -0.330. The van der Waals surface area contributed by atoms with Crippen LogP contribution < -0.4 is 10.6 Å². The lowest BCUT2D eigenvalue weighted by molar-refractivity contribution is -0.124. The molecule has 2 amide bonds. The Balaban J connectivity index is 1.62. The van der Waals surface area contributed by atoms with E-state index >= 15 is 0 Å². The predicted octanol–water partition coefficient (Wildman–Crippen LogP) is 1.83. The summed E-state index contributed by atoms with van der Waals surface area (Å²) in [4.78, 5) is 30.7. The van der Waals surface area contributed by atoms with Crippen LogP contribution in [-0.4, -0.2) is 53.9 Å². The van der Waals surface area contributed by atoms with Crippen LogP contribution in [0.5, 0.6) is 0 Å². The smallest absolute Gasteiger partial charge is 0.253 e. The molecule has 0 aliphatic carbocycles. The number of pyridine rings is 1. The van der Waals surface area contributed by atoms with Gasteiger partial charge in [0, 0.05) is 30.9 Å². The van der Waals surface area contributed by atoms with E-state index in [4.69, 9.17) is 0 Å². The number of aromatic nitrogens is 1. The summed E-state index contributed by atoms with van der Waals surface area (Å²) in [6.45, 7) is 3.08. The molecule has 1 aliphatic rings. The summed E-state index contributed by atoms with van der Waals surface area (Å²) in [6, 6.07) is 9.19. The molecule has 0 saturated carbocycles. The summed E-state index contributed by atoms with van der Waals surface area (Å²) in [7, 11) is 1.88. The third-order valence-corrected chi connectivity index (χ3v) is 4.68. The minimum absolute atomic E-state index is 0.0159. The number of carbonyl (C=O) groups excluding carboxylic acids is 2. The highest BCUT2D eigenvalue weighted by molar-refractivity contribution is 5.94. The van der Waals surface area contributed by atoms with Gasteiger partial charge in [0.2, 0.25) is 5.91 Å². The maximum absolute atomic E-state index is 13.3. The molecule has 0 bridgehead atoms. The van der Waals surface area contributed by atoms with Crippen molar-refractivity contribution < 1.29 is 14.0 Å². The van der Waals surface area contributed by atoms with Crippen LogP contribution in [0.2, 0.25) is 0 Å². The number of hydrogen-bond donors (Lipinski definition) is 2. The van der Waals surface area contributed by atoms with E-state index in [0.29, 0.717) is 36.3 Å². The monoisotopic (exact) mass is 370 g/mol. The molecule has 2 atom stereocenters. The van der Waals surface area contributed by atoms with Gasteiger partial charge in [-0.1, -0.05) is 12.1 Å². The molecular weight excluding hydrogens is 347 g/mol. The van der Waals surface area contributed by atoms with E-state index in [9.17, 15) is 14.0 Å². The Bertz CT molecular complexity index is 825. The standard InChI is InChI=1S/C20H23FN4O2/c1-3-22-20(27)18-10-16(12-25(18)2)24-19(26)14-7-8-17(23-11-14)13-5-4-6-15(21)9-13/h4-9,11,16,18H,3,10,12H2,1-2H3,(H,22,27)(H,24,26)/t16-,18+/m1/s1. The Morgan fingerprint density at radius 1 is 1.30 bits per heavy atom. The number of benzene rings is 1. The second kappa shape index (κ2) is 8.26. The number of carbonyl (C=O) groups is 2. The van der Waals surface area contributed by atoms with Gasteiger partial charge in [0.1, 0.15) is 5.82 Å².